The molecular formula is C22H20O2. The topological polar surface area (TPSA) is 26.3 Å². The molecule has 3 aromatic rings. The third kappa shape index (κ3) is 4.11. The first kappa shape index (κ1) is 16.0. The van der Waals surface area contributed by atoms with E-state index in [-0.39, 0.29) is 0 Å². The van der Waals surface area contributed by atoms with E-state index in [0.29, 0.717) is 17.9 Å². The molecule has 0 atom stereocenters. The molecule has 0 aliphatic rings. The second-order valence-corrected chi connectivity index (χ2v) is 5.70. The Morgan fingerprint density at radius 1 is 0.708 bits per heavy atom. The summed E-state index contributed by atoms with van der Waals surface area (Å²) < 4.78 is 5.88. The van der Waals surface area contributed by atoms with Crippen molar-refractivity contribution in [3.8, 4) is 5.75 Å². The fourth-order valence-corrected chi connectivity index (χ4v) is 2.73. The van der Waals surface area contributed by atoms with E-state index < -0.39 is 0 Å². The van der Waals surface area contributed by atoms with E-state index in [1.54, 1.807) is 6.07 Å². The zero-order chi connectivity index (χ0) is 16.6. The summed E-state index contributed by atoms with van der Waals surface area (Å²) in [6.45, 7) is 0.468. The summed E-state index contributed by atoms with van der Waals surface area (Å²) in [5.41, 5.74) is 4.36. The van der Waals surface area contributed by atoms with Crippen LogP contribution in [0.25, 0.3) is 0 Å². The lowest BCUT2D eigenvalue weighted by Gasteiger charge is -2.12. The molecule has 120 valence electrons. The number of carbonyl (C=O) groups excluding carboxylic acids is 1. The molecule has 0 fully saturated rings. The minimum absolute atomic E-state index is 0.468. The van der Waals surface area contributed by atoms with Crippen molar-refractivity contribution in [1.29, 1.82) is 0 Å². The Kier molecular flexibility index (Phi) is 5.41. The second kappa shape index (κ2) is 8.11. The van der Waals surface area contributed by atoms with Gasteiger partial charge in [0, 0.05) is 0 Å². The molecule has 0 heterocycles. The van der Waals surface area contributed by atoms with Crippen LogP contribution >= 0.6 is 0 Å². The predicted octanol–water partition coefficient (Wildman–Crippen LogP) is 4.86. The Morgan fingerprint density at radius 2 is 1.38 bits per heavy atom. The van der Waals surface area contributed by atoms with Gasteiger partial charge in [0.1, 0.15) is 12.4 Å². The normalized spacial score (nSPS) is 10.3. The number of rotatable bonds is 7. The first-order chi connectivity index (χ1) is 11.9. The largest absolute Gasteiger partial charge is 0.488 e. The summed E-state index contributed by atoms with van der Waals surface area (Å²) in [6, 6.07) is 26.1. The molecule has 0 aromatic heterocycles. The van der Waals surface area contributed by atoms with Crippen LogP contribution in [-0.2, 0) is 19.4 Å². The van der Waals surface area contributed by atoms with Gasteiger partial charge in [-0.15, -0.1) is 0 Å². The van der Waals surface area contributed by atoms with Crippen molar-refractivity contribution in [3.63, 3.8) is 0 Å². The Morgan fingerprint density at radius 3 is 2.17 bits per heavy atom. The van der Waals surface area contributed by atoms with Crippen LogP contribution in [0.5, 0.6) is 5.75 Å². The molecule has 0 radical (unpaired) electrons. The molecule has 2 heteroatoms. The highest BCUT2D eigenvalue weighted by atomic mass is 16.5. The van der Waals surface area contributed by atoms with E-state index in [9.17, 15) is 4.79 Å². The molecule has 0 aliphatic carbocycles. The number of aldehydes is 1. The Bertz CT molecular complexity index is 794. The summed E-state index contributed by atoms with van der Waals surface area (Å²) in [6.07, 6.45) is 2.80. The monoisotopic (exact) mass is 316 g/mol. The average Bonchev–Trinajstić information content (AvgIpc) is 2.66. The lowest BCUT2D eigenvalue weighted by Crippen LogP contribution is -2.03. The van der Waals surface area contributed by atoms with Crippen LogP contribution in [0.2, 0.25) is 0 Å². The van der Waals surface area contributed by atoms with Crippen molar-refractivity contribution in [1.82, 2.24) is 0 Å². The maximum Gasteiger partial charge on any atom is 0.153 e. The van der Waals surface area contributed by atoms with Gasteiger partial charge in [-0.2, -0.15) is 0 Å². The van der Waals surface area contributed by atoms with Crippen molar-refractivity contribution in [2.75, 3.05) is 0 Å². The average molecular weight is 316 g/mol. The molecule has 24 heavy (non-hydrogen) atoms. The van der Waals surface area contributed by atoms with Gasteiger partial charge in [-0.1, -0.05) is 66.7 Å². The van der Waals surface area contributed by atoms with E-state index in [0.717, 1.165) is 24.7 Å². The lowest BCUT2D eigenvalue weighted by atomic mass is 10.0. The van der Waals surface area contributed by atoms with Gasteiger partial charge < -0.3 is 4.74 Å². The Balaban J connectivity index is 1.69. The molecular weight excluding hydrogens is 296 g/mol. The Hall–Kier alpha value is -2.87. The van der Waals surface area contributed by atoms with Crippen molar-refractivity contribution in [3.05, 3.63) is 101 Å². The quantitative estimate of drug-likeness (QED) is 0.582. The minimum atomic E-state index is 0.468. The van der Waals surface area contributed by atoms with Crippen LogP contribution in [-0.4, -0.2) is 6.29 Å². The zero-order valence-corrected chi connectivity index (χ0v) is 13.5. The number of para-hydroxylation sites is 1. The smallest absolute Gasteiger partial charge is 0.153 e. The van der Waals surface area contributed by atoms with Crippen LogP contribution in [0.15, 0.2) is 78.9 Å². The molecule has 0 saturated carbocycles. The van der Waals surface area contributed by atoms with Crippen LogP contribution in [0, 0.1) is 0 Å². The summed E-state index contributed by atoms with van der Waals surface area (Å²) in [7, 11) is 0. The summed E-state index contributed by atoms with van der Waals surface area (Å²) in [5.74, 6) is 0.630. The first-order valence-corrected chi connectivity index (χ1v) is 8.14. The first-order valence-electron chi connectivity index (χ1n) is 8.14. The zero-order valence-electron chi connectivity index (χ0n) is 13.5. The lowest BCUT2D eigenvalue weighted by molar-refractivity contribution is 0.111. The van der Waals surface area contributed by atoms with Gasteiger partial charge >= 0.3 is 0 Å². The minimum Gasteiger partial charge on any atom is -0.488 e. The third-order valence-electron chi connectivity index (χ3n) is 4.07. The van der Waals surface area contributed by atoms with Crippen LogP contribution in [0.1, 0.15) is 27.0 Å². The molecule has 0 N–H and O–H groups in total. The van der Waals surface area contributed by atoms with Gasteiger partial charge in [-0.3, -0.25) is 4.79 Å². The third-order valence-corrected chi connectivity index (χ3v) is 4.07. The maximum absolute atomic E-state index is 11.1. The van der Waals surface area contributed by atoms with Gasteiger partial charge in [0.15, 0.2) is 6.29 Å². The molecule has 0 unspecified atom stereocenters. The molecule has 3 rings (SSSR count). The van der Waals surface area contributed by atoms with Crippen LogP contribution in [0.4, 0.5) is 0 Å². The highest BCUT2D eigenvalue weighted by Crippen LogP contribution is 2.19. The molecule has 0 spiro atoms. The fraction of sp³-hybridized carbons (Fsp3) is 0.136. The van der Waals surface area contributed by atoms with Crippen molar-refractivity contribution >= 4 is 6.29 Å². The highest BCUT2D eigenvalue weighted by Gasteiger charge is 2.06. The van der Waals surface area contributed by atoms with E-state index >= 15 is 0 Å². The van der Waals surface area contributed by atoms with E-state index in [4.69, 9.17) is 4.74 Å². The van der Waals surface area contributed by atoms with Crippen molar-refractivity contribution < 1.29 is 9.53 Å². The van der Waals surface area contributed by atoms with E-state index in [1.165, 1.54) is 11.1 Å². The fourth-order valence-electron chi connectivity index (χ4n) is 2.73. The molecule has 0 bridgehead atoms. The molecule has 3 aromatic carbocycles. The SMILES string of the molecule is O=Cc1ccccc1OCc1ccccc1CCc1ccccc1. The highest BCUT2D eigenvalue weighted by molar-refractivity contribution is 5.79. The van der Waals surface area contributed by atoms with Crippen molar-refractivity contribution in [2.45, 2.75) is 19.4 Å². The summed E-state index contributed by atoms with van der Waals surface area (Å²) >= 11 is 0. The second-order valence-electron chi connectivity index (χ2n) is 5.70. The number of ether oxygens (including phenoxy) is 1. The van der Waals surface area contributed by atoms with Crippen LogP contribution < -0.4 is 4.74 Å². The number of hydrogen-bond donors (Lipinski definition) is 0. The molecule has 0 amide bonds. The van der Waals surface area contributed by atoms with E-state index in [1.807, 2.05) is 30.3 Å². The van der Waals surface area contributed by atoms with Gasteiger partial charge in [0.2, 0.25) is 0 Å². The standard InChI is InChI=1S/C22H20O2/c23-16-20-11-6-7-13-22(20)24-17-21-12-5-4-10-19(21)15-14-18-8-2-1-3-9-18/h1-13,16H,14-15,17H2. The van der Waals surface area contributed by atoms with Gasteiger partial charge in [-0.05, 0) is 41.7 Å². The number of aryl methyl sites for hydroxylation is 2. The molecule has 0 aliphatic heterocycles. The predicted molar refractivity (Wildman–Crippen MR) is 96.5 cm³/mol. The van der Waals surface area contributed by atoms with Gasteiger partial charge in [0.05, 0.1) is 5.56 Å². The molecule has 0 saturated heterocycles. The number of hydrogen-bond acceptors (Lipinski definition) is 2. The summed E-state index contributed by atoms with van der Waals surface area (Å²) in [5, 5.41) is 0. The number of benzene rings is 3. The van der Waals surface area contributed by atoms with E-state index in [2.05, 4.69) is 42.5 Å². The molecule has 2 nitrogen and oxygen atoms in total. The Labute approximate surface area is 142 Å². The van der Waals surface area contributed by atoms with Gasteiger partial charge in [-0.25, -0.2) is 0 Å². The van der Waals surface area contributed by atoms with Crippen molar-refractivity contribution in [2.24, 2.45) is 0 Å². The van der Waals surface area contributed by atoms with Crippen LogP contribution in [0.3, 0.4) is 0 Å². The van der Waals surface area contributed by atoms with Gasteiger partial charge in [0.25, 0.3) is 0 Å². The maximum atomic E-state index is 11.1. The number of carbonyl (C=O) groups is 1. The summed E-state index contributed by atoms with van der Waals surface area (Å²) in [4.78, 5) is 11.1.